The average molecular weight is 143 g/mol. The van der Waals surface area contributed by atoms with Gasteiger partial charge in [-0.2, -0.15) is 0 Å². The summed E-state index contributed by atoms with van der Waals surface area (Å²) in [6.07, 6.45) is 0.291. The molecule has 3 heteroatoms. The molecule has 1 atom stereocenters. The van der Waals surface area contributed by atoms with Crippen LogP contribution >= 0.6 is 23.2 Å². The molecule has 0 bridgehead atoms. The van der Waals surface area contributed by atoms with E-state index in [9.17, 15) is 4.39 Å². The van der Waals surface area contributed by atoms with Crippen molar-refractivity contribution < 1.29 is 4.39 Å². The van der Waals surface area contributed by atoms with Crippen LogP contribution < -0.4 is 0 Å². The maximum atomic E-state index is 11.3. The van der Waals surface area contributed by atoms with Gasteiger partial charge in [0.2, 0.25) is 0 Å². The van der Waals surface area contributed by atoms with Crippen molar-refractivity contribution in [3.8, 4) is 0 Å². The Morgan fingerprint density at radius 2 is 2.29 bits per heavy atom. The molecule has 0 saturated heterocycles. The summed E-state index contributed by atoms with van der Waals surface area (Å²) in [5, 5.41) is -0.367. The molecule has 0 nitrogen and oxygen atoms in total. The highest BCUT2D eigenvalue weighted by molar-refractivity contribution is 6.37. The number of hydrogen-bond acceptors (Lipinski definition) is 0. The maximum absolute atomic E-state index is 11.3. The molecule has 0 aliphatic heterocycles. The topological polar surface area (TPSA) is 0 Å². The molecule has 0 saturated carbocycles. The molecule has 0 aromatic heterocycles. The second-order valence-electron chi connectivity index (χ2n) is 1.11. The average Bonchev–Trinajstić information content (AvgIpc) is 1.65. The Morgan fingerprint density at radius 1 is 1.86 bits per heavy atom. The second kappa shape index (κ2) is 3.28. The fraction of sp³-hybridized carbons (Fsp3) is 0.500. The summed E-state index contributed by atoms with van der Waals surface area (Å²) in [5.41, 5.74) is 0. The van der Waals surface area contributed by atoms with Crippen LogP contribution in [0.2, 0.25) is 0 Å². The minimum atomic E-state index is -0.410. The van der Waals surface area contributed by atoms with Crippen molar-refractivity contribution in [3.63, 3.8) is 0 Å². The van der Waals surface area contributed by atoms with E-state index in [2.05, 4.69) is 0 Å². The SMILES string of the molecule is CC(Cl)C(Cl)=CF. The summed E-state index contributed by atoms with van der Waals surface area (Å²) in [4.78, 5) is 0. The first-order valence-electron chi connectivity index (χ1n) is 1.78. The van der Waals surface area contributed by atoms with Crippen LogP contribution in [0.5, 0.6) is 0 Å². The lowest BCUT2D eigenvalue weighted by Gasteiger charge is -1.92. The third-order valence-corrected chi connectivity index (χ3v) is 1.24. The number of allylic oxidation sites excluding steroid dienone is 1. The van der Waals surface area contributed by atoms with E-state index in [1.54, 1.807) is 6.92 Å². The molecule has 0 aromatic carbocycles. The summed E-state index contributed by atoms with van der Waals surface area (Å²) < 4.78 is 11.3. The van der Waals surface area contributed by atoms with Crippen LogP contribution in [0.4, 0.5) is 4.39 Å². The quantitative estimate of drug-likeness (QED) is 0.495. The zero-order valence-electron chi connectivity index (χ0n) is 3.79. The highest BCUT2D eigenvalue weighted by Crippen LogP contribution is 2.12. The van der Waals surface area contributed by atoms with E-state index >= 15 is 0 Å². The minimum Gasteiger partial charge on any atom is -0.214 e. The van der Waals surface area contributed by atoms with E-state index in [4.69, 9.17) is 23.2 Å². The molecule has 0 rings (SSSR count). The smallest absolute Gasteiger partial charge is 0.103 e. The summed E-state index contributed by atoms with van der Waals surface area (Å²) in [5.74, 6) is 0. The zero-order chi connectivity index (χ0) is 5.86. The van der Waals surface area contributed by atoms with Gasteiger partial charge in [0.1, 0.15) is 6.33 Å². The molecule has 0 aromatic rings. The van der Waals surface area contributed by atoms with Gasteiger partial charge in [-0.15, -0.1) is 11.6 Å². The Morgan fingerprint density at radius 3 is 2.29 bits per heavy atom. The van der Waals surface area contributed by atoms with Crippen molar-refractivity contribution in [1.82, 2.24) is 0 Å². The molecule has 0 heterocycles. The predicted molar refractivity (Wildman–Crippen MR) is 30.4 cm³/mol. The fourth-order valence-corrected chi connectivity index (χ4v) is 0.134. The Labute approximate surface area is 51.9 Å². The molecule has 42 valence electrons. The number of alkyl halides is 1. The molecule has 0 N–H and O–H groups in total. The van der Waals surface area contributed by atoms with Gasteiger partial charge in [-0.1, -0.05) is 11.6 Å². The van der Waals surface area contributed by atoms with Gasteiger partial charge in [0.25, 0.3) is 0 Å². The Bertz CT molecular complexity index is 77.8. The molecule has 0 radical (unpaired) electrons. The lowest BCUT2D eigenvalue weighted by Crippen LogP contribution is -1.86. The Balaban J connectivity index is 3.56. The largest absolute Gasteiger partial charge is 0.214 e. The van der Waals surface area contributed by atoms with Crippen LogP contribution in [0.25, 0.3) is 0 Å². The third kappa shape index (κ3) is 2.89. The van der Waals surface area contributed by atoms with Crippen LogP contribution in [-0.4, -0.2) is 5.38 Å². The summed E-state index contributed by atoms with van der Waals surface area (Å²) in [6, 6.07) is 0. The van der Waals surface area contributed by atoms with Crippen molar-refractivity contribution in [1.29, 1.82) is 0 Å². The lowest BCUT2D eigenvalue weighted by molar-refractivity contribution is 0.712. The van der Waals surface area contributed by atoms with Gasteiger partial charge in [0, 0.05) is 0 Å². The first-order valence-corrected chi connectivity index (χ1v) is 2.59. The van der Waals surface area contributed by atoms with Crippen molar-refractivity contribution in [2.45, 2.75) is 12.3 Å². The predicted octanol–water partition coefficient (Wildman–Crippen LogP) is 2.66. The van der Waals surface area contributed by atoms with Crippen LogP contribution in [0.15, 0.2) is 11.4 Å². The standard InChI is InChI=1S/C4H5Cl2F/c1-3(5)4(6)2-7/h2-3H,1H3. The van der Waals surface area contributed by atoms with Crippen molar-refractivity contribution in [3.05, 3.63) is 11.4 Å². The molecule has 0 amide bonds. The molecular formula is C4H5Cl2F. The fourth-order valence-electron chi connectivity index (χ4n) is 0.0868. The van der Waals surface area contributed by atoms with E-state index in [0.717, 1.165) is 0 Å². The van der Waals surface area contributed by atoms with Gasteiger partial charge in [-0.3, -0.25) is 0 Å². The summed E-state index contributed by atoms with van der Waals surface area (Å²) >= 11 is 10.4. The van der Waals surface area contributed by atoms with E-state index < -0.39 is 5.38 Å². The molecule has 0 fully saturated rings. The van der Waals surface area contributed by atoms with Crippen molar-refractivity contribution in [2.75, 3.05) is 0 Å². The lowest BCUT2D eigenvalue weighted by atomic mass is 10.5. The monoisotopic (exact) mass is 142 g/mol. The molecule has 0 spiro atoms. The van der Waals surface area contributed by atoms with Gasteiger partial charge in [0.05, 0.1) is 10.4 Å². The van der Waals surface area contributed by atoms with Crippen LogP contribution in [0.3, 0.4) is 0 Å². The minimum absolute atomic E-state index is 0.0432. The number of halogens is 3. The van der Waals surface area contributed by atoms with E-state index in [1.807, 2.05) is 0 Å². The van der Waals surface area contributed by atoms with Gasteiger partial charge >= 0.3 is 0 Å². The Hall–Kier alpha value is 0.250. The summed E-state index contributed by atoms with van der Waals surface area (Å²) in [7, 11) is 0. The van der Waals surface area contributed by atoms with Crippen LogP contribution in [-0.2, 0) is 0 Å². The second-order valence-corrected chi connectivity index (χ2v) is 2.20. The number of hydrogen-bond donors (Lipinski definition) is 0. The maximum Gasteiger partial charge on any atom is 0.103 e. The van der Waals surface area contributed by atoms with Crippen LogP contribution in [0, 0.1) is 0 Å². The number of rotatable bonds is 1. The first-order chi connectivity index (χ1) is 3.18. The van der Waals surface area contributed by atoms with Gasteiger partial charge in [-0.05, 0) is 6.92 Å². The normalized spacial score (nSPS) is 16.9. The highest BCUT2D eigenvalue weighted by atomic mass is 35.5. The Kier molecular flexibility index (Phi) is 3.39. The van der Waals surface area contributed by atoms with E-state index in [-0.39, 0.29) is 5.03 Å². The van der Waals surface area contributed by atoms with E-state index in [1.165, 1.54) is 0 Å². The first kappa shape index (κ1) is 7.25. The molecule has 0 aliphatic rings. The zero-order valence-corrected chi connectivity index (χ0v) is 5.30. The van der Waals surface area contributed by atoms with Crippen molar-refractivity contribution >= 4 is 23.2 Å². The highest BCUT2D eigenvalue weighted by Gasteiger charge is 1.98. The van der Waals surface area contributed by atoms with Crippen LogP contribution in [0.1, 0.15) is 6.92 Å². The summed E-state index contributed by atoms with van der Waals surface area (Å²) in [6.45, 7) is 1.60. The third-order valence-electron chi connectivity index (χ3n) is 0.484. The molecule has 1 unspecified atom stereocenters. The molecule has 7 heavy (non-hydrogen) atoms. The van der Waals surface area contributed by atoms with Gasteiger partial charge in [-0.25, -0.2) is 4.39 Å². The molecule has 0 aliphatic carbocycles. The van der Waals surface area contributed by atoms with Crippen molar-refractivity contribution in [2.24, 2.45) is 0 Å². The van der Waals surface area contributed by atoms with E-state index in [0.29, 0.717) is 6.33 Å². The van der Waals surface area contributed by atoms with Gasteiger partial charge < -0.3 is 0 Å². The molecular weight excluding hydrogens is 138 g/mol. The van der Waals surface area contributed by atoms with Gasteiger partial charge in [0.15, 0.2) is 0 Å².